The number of hydrogen-bond donors (Lipinski definition) is 2. The lowest BCUT2D eigenvalue weighted by molar-refractivity contribution is -0.242. The zero-order chi connectivity index (χ0) is 22.9. The van der Waals surface area contributed by atoms with E-state index in [9.17, 15) is 35.9 Å². The molecule has 0 saturated carbocycles. The molecule has 0 heterocycles. The Balaban J connectivity index is 2.29. The zero-order valence-electron chi connectivity index (χ0n) is 16.0. The van der Waals surface area contributed by atoms with Crippen molar-refractivity contribution in [3.05, 3.63) is 48.3 Å². The standard InChI is InChI=1S/C18H18F4N2O5S/c1-17(26,18(20,21)22)16(25)23-15-9-8-13(10-14(15)19)30(27,28)24(2)11-4-6-12(29-3)7-5-11/h4-10,26H,1-3H3,(H,23,25)/t17-/m1/s1. The highest BCUT2D eigenvalue weighted by atomic mass is 32.2. The van der Waals surface area contributed by atoms with Gasteiger partial charge in [0, 0.05) is 7.05 Å². The number of halogens is 4. The second-order valence-corrected chi connectivity index (χ2v) is 8.31. The molecule has 2 aromatic carbocycles. The largest absolute Gasteiger partial charge is 0.497 e. The molecule has 0 aromatic heterocycles. The highest BCUT2D eigenvalue weighted by Crippen LogP contribution is 2.32. The average Bonchev–Trinajstić information content (AvgIpc) is 2.67. The molecule has 1 atom stereocenters. The van der Waals surface area contributed by atoms with Crippen LogP contribution in [0.3, 0.4) is 0 Å². The van der Waals surface area contributed by atoms with Gasteiger partial charge in [-0.25, -0.2) is 12.8 Å². The minimum atomic E-state index is -5.29. The number of alkyl halides is 3. The van der Waals surface area contributed by atoms with Crippen molar-refractivity contribution in [2.24, 2.45) is 0 Å². The molecule has 0 radical (unpaired) electrons. The molecule has 1 amide bonds. The number of ether oxygens (including phenoxy) is 1. The number of carbonyl (C=O) groups excluding carboxylic acids is 1. The summed E-state index contributed by atoms with van der Waals surface area (Å²) in [6.07, 6.45) is -5.29. The minimum Gasteiger partial charge on any atom is -0.497 e. The van der Waals surface area contributed by atoms with Gasteiger partial charge in [-0.15, -0.1) is 0 Å². The Morgan fingerprint density at radius 1 is 1.13 bits per heavy atom. The van der Waals surface area contributed by atoms with Gasteiger partial charge >= 0.3 is 6.18 Å². The van der Waals surface area contributed by atoms with Crippen molar-refractivity contribution in [3.8, 4) is 5.75 Å². The zero-order valence-corrected chi connectivity index (χ0v) is 16.8. The predicted molar refractivity (Wildman–Crippen MR) is 100 cm³/mol. The van der Waals surface area contributed by atoms with Crippen LogP contribution in [0.5, 0.6) is 5.75 Å². The van der Waals surface area contributed by atoms with Crippen molar-refractivity contribution >= 4 is 27.3 Å². The van der Waals surface area contributed by atoms with E-state index in [0.29, 0.717) is 11.8 Å². The van der Waals surface area contributed by atoms with Gasteiger partial charge in [0.25, 0.3) is 15.9 Å². The summed E-state index contributed by atoms with van der Waals surface area (Å²) in [7, 11) is -1.56. The van der Waals surface area contributed by atoms with E-state index in [1.165, 1.54) is 38.4 Å². The number of sulfonamides is 1. The van der Waals surface area contributed by atoms with Crippen LogP contribution in [0, 0.1) is 5.82 Å². The topological polar surface area (TPSA) is 95.9 Å². The number of methoxy groups -OCH3 is 1. The smallest absolute Gasteiger partial charge is 0.426 e. The van der Waals surface area contributed by atoms with Crippen LogP contribution in [-0.4, -0.2) is 45.4 Å². The number of amides is 1. The SMILES string of the molecule is COc1ccc(N(C)S(=O)(=O)c2ccc(NC(=O)[C@@](C)(O)C(F)(F)F)c(F)c2)cc1. The summed E-state index contributed by atoms with van der Waals surface area (Å²) >= 11 is 0. The molecule has 2 aromatic rings. The molecule has 0 saturated heterocycles. The molecule has 0 spiro atoms. The Morgan fingerprint density at radius 2 is 1.70 bits per heavy atom. The number of anilines is 2. The van der Waals surface area contributed by atoms with E-state index >= 15 is 0 Å². The number of nitrogens with one attached hydrogen (secondary N) is 1. The lowest BCUT2D eigenvalue weighted by Crippen LogP contribution is -2.52. The van der Waals surface area contributed by atoms with Crippen LogP contribution in [-0.2, 0) is 14.8 Å². The number of benzene rings is 2. The summed E-state index contributed by atoms with van der Waals surface area (Å²) in [6, 6.07) is 8.21. The first kappa shape index (κ1) is 23.4. The first-order valence-electron chi connectivity index (χ1n) is 8.25. The Kier molecular flexibility index (Phi) is 6.33. The fourth-order valence-corrected chi connectivity index (χ4v) is 3.43. The number of carbonyl (C=O) groups is 1. The van der Waals surface area contributed by atoms with Gasteiger partial charge in [0.1, 0.15) is 11.6 Å². The Morgan fingerprint density at radius 3 is 2.17 bits per heavy atom. The lowest BCUT2D eigenvalue weighted by Gasteiger charge is -2.25. The third-order valence-electron chi connectivity index (χ3n) is 4.28. The van der Waals surface area contributed by atoms with Gasteiger partial charge in [-0.3, -0.25) is 9.10 Å². The van der Waals surface area contributed by atoms with Gasteiger partial charge in [-0.05, 0) is 49.4 Å². The van der Waals surface area contributed by atoms with E-state index in [0.717, 1.165) is 16.4 Å². The molecule has 0 fully saturated rings. The molecule has 30 heavy (non-hydrogen) atoms. The highest BCUT2D eigenvalue weighted by Gasteiger charge is 2.55. The fourth-order valence-electron chi connectivity index (χ4n) is 2.22. The summed E-state index contributed by atoms with van der Waals surface area (Å²) < 4.78 is 83.7. The van der Waals surface area contributed by atoms with Crippen LogP contribution in [0.25, 0.3) is 0 Å². The van der Waals surface area contributed by atoms with E-state index < -0.39 is 44.1 Å². The average molecular weight is 450 g/mol. The second-order valence-electron chi connectivity index (χ2n) is 6.34. The van der Waals surface area contributed by atoms with E-state index in [1.807, 2.05) is 0 Å². The third kappa shape index (κ3) is 4.49. The van der Waals surface area contributed by atoms with Crippen LogP contribution >= 0.6 is 0 Å². The summed E-state index contributed by atoms with van der Waals surface area (Å²) in [5.74, 6) is -2.73. The predicted octanol–water partition coefficient (Wildman–Crippen LogP) is 2.91. The van der Waals surface area contributed by atoms with E-state index in [-0.39, 0.29) is 12.6 Å². The second kappa shape index (κ2) is 8.11. The summed E-state index contributed by atoms with van der Waals surface area (Å²) in [4.78, 5) is 11.2. The van der Waals surface area contributed by atoms with Crippen molar-refractivity contribution in [1.82, 2.24) is 0 Å². The van der Waals surface area contributed by atoms with Gasteiger partial charge < -0.3 is 15.2 Å². The van der Waals surface area contributed by atoms with Gasteiger partial charge in [-0.2, -0.15) is 13.2 Å². The maximum atomic E-state index is 14.3. The Labute approximate surface area is 169 Å². The summed E-state index contributed by atoms with van der Waals surface area (Å²) in [5, 5.41) is 10.9. The molecular formula is C18H18F4N2O5S. The highest BCUT2D eigenvalue weighted by molar-refractivity contribution is 7.92. The summed E-state index contributed by atoms with van der Waals surface area (Å²) in [5.41, 5.74) is -4.25. The molecule has 2 rings (SSSR count). The number of hydrogen-bond acceptors (Lipinski definition) is 5. The molecule has 164 valence electrons. The van der Waals surface area contributed by atoms with Gasteiger partial charge in [0.05, 0.1) is 23.4 Å². The van der Waals surface area contributed by atoms with E-state index in [2.05, 4.69) is 0 Å². The maximum Gasteiger partial charge on any atom is 0.426 e. The van der Waals surface area contributed by atoms with Gasteiger partial charge in [-0.1, -0.05) is 0 Å². The van der Waals surface area contributed by atoms with Crippen molar-refractivity contribution in [2.75, 3.05) is 23.8 Å². The molecular weight excluding hydrogens is 432 g/mol. The van der Waals surface area contributed by atoms with Crippen LogP contribution in [0.4, 0.5) is 28.9 Å². The quantitative estimate of drug-likeness (QED) is 0.660. The number of rotatable bonds is 6. The molecule has 0 aliphatic heterocycles. The molecule has 2 N–H and O–H groups in total. The molecule has 0 bridgehead atoms. The molecule has 0 unspecified atom stereocenters. The maximum absolute atomic E-state index is 14.3. The third-order valence-corrected chi connectivity index (χ3v) is 6.06. The van der Waals surface area contributed by atoms with Crippen LogP contribution in [0.2, 0.25) is 0 Å². The normalized spacial score (nSPS) is 14.0. The molecule has 7 nitrogen and oxygen atoms in total. The number of nitrogens with zero attached hydrogens (tertiary/aromatic N) is 1. The van der Waals surface area contributed by atoms with Crippen molar-refractivity contribution in [3.63, 3.8) is 0 Å². The number of aliphatic hydroxyl groups is 1. The van der Waals surface area contributed by atoms with Crippen LogP contribution in [0.1, 0.15) is 6.92 Å². The molecule has 12 heteroatoms. The van der Waals surface area contributed by atoms with Crippen molar-refractivity contribution in [2.45, 2.75) is 23.6 Å². The Hall–Kier alpha value is -2.86. The molecule has 0 aliphatic carbocycles. The fraction of sp³-hybridized carbons (Fsp3) is 0.278. The first-order chi connectivity index (χ1) is 13.7. The van der Waals surface area contributed by atoms with Crippen molar-refractivity contribution in [1.29, 1.82) is 0 Å². The van der Waals surface area contributed by atoms with E-state index in [1.54, 1.807) is 5.32 Å². The van der Waals surface area contributed by atoms with E-state index in [4.69, 9.17) is 4.74 Å². The lowest BCUT2D eigenvalue weighted by atomic mass is 10.1. The van der Waals surface area contributed by atoms with Gasteiger partial charge in [0.2, 0.25) is 5.60 Å². The van der Waals surface area contributed by atoms with Crippen LogP contribution < -0.4 is 14.4 Å². The van der Waals surface area contributed by atoms with Gasteiger partial charge in [0.15, 0.2) is 0 Å². The molecule has 0 aliphatic rings. The first-order valence-corrected chi connectivity index (χ1v) is 9.69. The summed E-state index contributed by atoms with van der Waals surface area (Å²) in [6.45, 7) is 0.211. The monoisotopic (exact) mass is 450 g/mol. The minimum absolute atomic E-state index is 0.211. The van der Waals surface area contributed by atoms with Crippen LogP contribution in [0.15, 0.2) is 47.4 Å². The Bertz CT molecular complexity index is 1040. The van der Waals surface area contributed by atoms with Crippen molar-refractivity contribution < 1.29 is 40.6 Å².